The maximum atomic E-state index is 12.5. The molecule has 0 spiro atoms. The molecule has 0 heterocycles. The van der Waals surface area contributed by atoms with E-state index >= 15 is 0 Å². The fourth-order valence-electron chi connectivity index (χ4n) is 2.64. The Bertz CT molecular complexity index is 1220. The minimum absolute atomic E-state index is 0.00105. The van der Waals surface area contributed by atoms with Gasteiger partial charge in [0.15, 0.2) is 0 Å². The SMILES string of the molecule is N#C/C(=C/c1cc(I)c(OCc2ccc(Cl)cc2Cl)c(I)c1)C(=O)Nc1ccc(Br)cc1. The second kappa shape index (κ2) is 11.7. The van der Waals surface area contributed by atoms with E-state index in [2.05, 4.69) is 66.4 Å². The summed E-state index contributed by atoms with van der Waals surface area (Å²) >= 11 is 19.8. The predicted molar refractivity (Wildman–Crippen MR) is 149 cm³/mol. The van der Waals surface area contributed by atoms with Crippen LogP contribution in [-0.4, -0.2) is 5.91 Å². The van der Waals surface area contributed by atoms with Crippen molar-refractivity contribution in [3.05, 3.63) is 93.0 Å². The van der Waals surface area contributed by atoms with E-state index in [0.717, 1.165) is 22.7 Å². The Labute approximate surface area is 231 Å². The Kier molecular flexibility index (Phi) is 9.25. The van der Waals surface area contributed by atoms with Gasteiger partial charge in [-0.2, -0.15) is 5.26 Å². The highest BCUT2D eigenvalue weighted by atomic mass is 127. The summed E-state index contributed by atoms with van der Waals surface area (Å²) < 4.78 is 8.57. The molecule has 3 aromatic rings. The van der Waals surface area contributed by atoms with E-state index in [1.54, 1.807) is 30.3 Å². The largest absolute Gasteiger partial charge is 0.487 e. The van der Waals surface area contributed by atoms with Crippen LogP contribution in [0.25, 0.3) is 6.08 Å². The molecular weight excluding hydrogens is 741 g/mol. The number of amides is 1. The first kappa shape index (κ1) is 25.3. The van der Waals surface area contributed by atoms with Gasteiger partial charge in [0.25, 0.3) is 5.91 Å². The number of benzene rings is 3. The van der Waals surface area contributed by atoms with Crippen molar-refractivity contribution in [2.75, 3.05) is 5.32 Å². The maximum Gasteiger partial charge on any atom is 0.266 e. The fraction of sp³-hybridized carbons (Fsp3) is 0.0435. The molecule has 0 radical (unpaired) electrons. The molecule has 0 aliphatic rings. The van der Waals surface area contributed by atoms with Crippen molar-refractivity contribution >= 4 is 102 Å². The molecule has 3 aromatic carbocycles. The molecule has 32 heavy (non-hydrogen) atoms. The van der Waals surface area contributed by atoms with Crippen molar-refractivity contribution in [2.24, 2.45) is 0 Å². The van der Waals surface area contributed by atoms with Crippen LogP contribution in [0.15, 0.2) is 64.6 Å². The smallest absolute Gasteiger partial charge is 0.266 e. The third-order valence-corrected chi connectivity index (χ3v) is 6.90. The summed E-state index contributed by atoms with van der Waals surface area (Å²) in [4.78, 5) is 12.5. The molecule has 0 saturated carbocycles. The minimum Gasteiger partial charge on any atom is -0.487 e. The van der Waals surface area contributed by atoms with E-state index in [0.29, 0.717) is 21.5 Å². The first-order valence-electron chi connectivity index (χ1n) is 9.01. The zero-order valence-corrected chi connectivity index (χ0v) is 23.5. The number of carbonyl (C=O) groups excluding carboxylic acids is 1. The molecule has 0 fully saturated rings. The highest BCUT2D eigenvalue weighted by molar-refractivity contribution is 14.1. The average molecular weight is 754 g/mol. The van der Waals surface area contributed by atoms with Crippen LogP contribution in [0.3, 0.4) is 0 Å². The number of carbonyl (C=O) groups is 1. The molecule has 0 unspecified atom stereocenters. The van der Waals surface area contributed by atoms with Gasteiger partial charge in [-0.3, -0.25) is 4.79 Å². The van der Waals surface area contributed by atoms with Gasteiger partial charge < -0.3 is 10.1 Å². The first-order valence-corrected chi connectivity index (χ1v) is 12.7. The molecule has 3 rings (SSSR count). The normalized spacial score (nSPS) is 11.1. The van der Waals surface area contributed by atoms with Crippen LogP contribution in [0.4, 0.5) is 5.69 Å². The predicted octanol–water partition coefficient (Wildman–Crippen LogP) is 8.09. The summed E-state index contributed by atoms with van der Waals surface area (Å²) in [5.41, 5.74) is 2.15. The first-order chi connectivity index (χ1) is 15.3. The van der Waals surface area contributed by atoms with Crippen LogP contribution < -0.4 is 10.1 Å². The molecule has 0 aliphatic heterocycles. The molecule has 9 heteroatoms. The quantitative estimate of drug-likeness (QED) is 0.157. The maximum absolute atomic E-state index is 12.5. The van der Waals surface area contributed by atoms with E-state index < -0.39 is 5.91 Å². The Morgan fingerprint density at radius 3 is 2.34 bits per heavy atom. The van der Waals surface area contributed by atoms with E-state index in [1.807, 2.05) is 36.4 Å². The third-order valence-electron chi connectivity index (χ3n) is 4.19. The van der Waals surface area contributed by atoms with Gasteiger partial charge in [-0.1, -0.05) is 45.2 Å². The summed E-state index contributed by atoms with van der Waals surface area (Å²) in [5, 5.41) is 13.3. The zero-order chi connectivity index (χ0) is 23.3. The Balaban J connectivity index is 1.77. The second-order valence-corrected chi connectivity index (χ2v) is 10.6. The molecule has 0 aromatic heterocycles. The van der Waals surface area contributed by atoms with E-state index in [-0.39, 0.29) is 12.2 Å². The lowest BCUT2D eigenvalue weighted by molar-refractivity contribution is -0.112. The number of ether oxygens (including phenoxy) is 1. The summed E-state index contributed by atoms with van der Waals surface area (Å²) in [6, 6.07) is 18.1. The number of nitrogens with one attached hydrogen (secondary N) is 1. The molecule has 162 valence electrons. The van der Waals surface area contributed by atoms with Crippen LogP contribution in [-0.2, 0) is 11.4 Å². The van der Waals surface area contributed by atoms with Crippen molar-refractivity contribution in [3.63, 3.8) is 0 Å². The van der Waals surface area contributed by atoms with Crippen molar-refractivity contribution < 1.29 is 9.53 Å². The van der Waals surface area contributed by atoms with Gasteiger partial charge in [0.1, 0.15) is 24.0 Å². The Hall–Kier alpha value is -1.32. The van der Waals surface area contributed by atoms with Gasteiger partial charge in [0, 0.05) is 25.8 Å². The summed E-state index contributed by atoms with van der Waals surface area (Å²) in [6.07, 6.45) is 1.55. The van der Waals surface area contributed by atoms with Gasteiger partial charge in [-0.15, -0.1) is 0 Å². The average Bonchev–Trinajstić information content (AvgIpc) is 2.74. The van der Waals surface area contributed by atoms with Crippen LogP contribution >= 0.6 is 84.3 Å². The summed E-state index contributed by atoms with van der Waals surface area (Å²) in [5.74, 6) is 0.227. The van der Waals surface area contributed by atoms with Crippen molar-refractivity contribution in [3.8, 4) is 11.8 Å². The van der Waals surface area contributed by atoms with Crippen LogP contribution in [0.2, 0.25) is 10.0 Å². The molecule has 1 amide bonds. The fourth-order valence-corrected chi connectivity index (χ4v) is 5.49. The van der Waals surface area contributed by atoms with Crippen molar-refractivity contribution in [2.45, 2.75) is 6.61 Å². The highest BCUT2D eigenvalue weighted by Crippen LogP contribution is 2.31. The molecular formula is C23H13BrCl2I2N2O2. The van der Waals surface area contributed by atoms with E-state index in [9.17, 15) is 10.1 Å². The molecule has 0 saturated heterocycles. The number of nitrogens with zero attached hydrogens (tertiary/aromatic N) is 1. The molecule has 0 aliphatic carbocycles. The van der Waals surface area contributed by atoms with Crippen LogP contribution in [0.1, 0.15) is 11.1 Å². The van der Waals surface area contributed by atoms with Gasteiger partial charge in [-0.25, -0.2) is 0 Å². The topological polar surface area (TPSA) is 62.1 Å². The summed E-state index contributed by atoms with van der Waals surface area (Å²) in [6.45, 7) is 0.288. The molecule has 4 nitrogen and oxygen atoms in total. The van der Waals surface area contributed by atoms with Gasteiger partial charge in [0.05, 0.1) is 7.14 Å². The number of anilines is 1. The number of nitriles is 1. The number of rotatable bonds is 6. The van der Waals surface area contributed by atoms with Crippen molar-refractivity contribution in [1.82, 2.24) is 0 Å². The number of halogens is 5. The van der Waals surface area contributed by atoms with E-state index in [4.69, 9.17) is 27.9 Å². The standard InChI is InChI=1S/C23H13BrCl2I2N2O2/c24-16-2-5-18(6-3-16)30-23(31)15(11-29)7-13-8-20(27)22(21(28)9-13)32-12-14-1-4-17(25)10-19(14)26/h1-10H,12H2,(H,30,31)/b15-7-. The minimum atomic E-state index is -0.474. The monoisotopic (exact) mass is 752 g/mol. The van der Waals surface area contributed by atoms with Gasteiger partial charge in [0.2, 0.25) is 0 Å². The van der Waals surface area contributed by atoms with Gasteiger partial charge >= 0.3 is 0 Å². The lowest BCUT2D eigenvalue weighted by Gasteiger charge is -2.13. The number of hydrogen-bond acceptors (Lipinski definition) is 3. The number of hydrogen-bond donors (Lipinski definition) is 1. The summed E-state index contributed by atoms with van der Waals surface area (Å²) in [7, 11) is 0. The Morgan fingerprint density at radius 1 is 1.09 bits per heavy atom. The zero-order valence-electron chi connectivity index (χ0n) is 16.1. The molecule has 0 bridgehead atoms. The lowest BCUT2D eigenvalue weighted by Crippen LogP contribution is -2.13. The van der Waals surface area contributed by atoms with Crippen LogP contribution in [0.5, 0.6) is 5.75 Å². The molecule has 1 N–H and O–H groups in total. The second-order valence-electron chi connectivity index (χ2n) is 6.47. The lowest BCUT2D eigenvalue weighted by atomic mass is 10.1. The highest BCUT2D eigenvalue weighted by Gasteiger charge is 2.13. The van der Waals surface area contributed by atoms with Crippen molar-refractivity contribution in [1.29, 1.82) is 5.26 Å². The van der Waals surface area contributed by atoms with E-state index in [1.165, 1.54) is 0 Å². The van der Waals surface area contributed by atoms with Gasteiger partial charge in [-0.05, 0) is 105 Å². The molecule has 0 atom stereocenters. The third kappa shape index (κ3) is 6.84. The Morgan fingerprint density at radius 2 is 1.75 bits per heavy atom. The van der Waals surface area contributed by atoms with Crippen LogP contribution in [0, 0.1) is 18.5 Å².